The minimum Gasteiger partial charge on any atom is -0.478 e. The van der Waals surface area contributed by atoms with E-state index in [4.69, 9.17) is 4.74 Å². The van der Waals surface area contributed by atoms with E-state index in [1.807, 2.05) is 19.9 Å². The maximum atomic E-state index is 12.6. The number of aryl methyl sites for hydroxylation is 1. The smallest absolute Gasteiger partial charge is 0.258 e. The van der Waals surface area contributed by atoms with Gasteiger partial charge in [0.05, 0.1) is 17.9 Å². The topological polar surface area (TPSA) is 93.4 Å². The summed E-state index contributed by atoms with van der Waals surface area (Å²) in [6.45, 7) is 6.10. The number of nitrogens with one attached hydrogen (secondary N) is 2. The highest BCUT2D eigenvalue weighted by molar-refractivity contribution is 6.03. The highest BCUT2D eigenvalue weighted by atomic mass is 35.5. The second-order valence-corrected chi connectivity index (χ2v) is 6.52. The summed E-state index contributed by atoms with van der Waals surface area (Å²) in [5.74, 6) is 0.792. The van der Waals surface area contributed by atoms with Crippen LogP contribution in [0.3, 0.4) is 0 Å². The number of pyridine rings is 1. The molecule has 0 aliphatic carbocycles. The van der Waals surface area contributed by atoms with E-state index < -0.39 is 0 Å². The molecule has 0 fully saturated rings. The molecule has 152 valence electrons. The van der Waals surface area contributed by atoms with Crippen LogP contribution in [0.25, 0.3) is 11.2 Å². The van der Waals surface area contributed by atoms with Crippen molar-refractivity contribution in [3.05, 3.63) is 53.5 Å². The Kier molecular flexibility index (Phi) is 6.46. The molecule has 1 aliphatic heterocycles. The van der Waals surface area contributed by atoms with Crippen LogP contribution in [0, 0.1) is 6.92 Å². The number of amides is 1. The number of halogens is 1. The summed E-state index contributed by atoms with van der Waals surface area (Å²) in [6, 6.07) is 7.18. The van der Waals surface area contributed by atoms with Gasteiger partial charge in [-0.3, -0.25) is 9.20 Å². The Bertz CT molecular complexity index is 1050. The van der Waals surface area contributed by atoms with Gasteiger partial charge in [-0.2, -0.15) is 0 Å². The molecule has 3 aromatic heterocycles. The molecule has 2 N–H and O–H groups in total. The summed E-state index contributed by atoms with van der Waals surface area (Å²) in [4.78, 5) is 17.1. The summed E-state index contributed by atoms with van der Waals surface area (Å²) >= 11 is 0. The number of ether oxygens (including phenoxy) is 1. The van der Waals surface area contributed by atoms with Gasteiger partial charge < -0.3 is 15.4 Å². The monoisotopic (exact) mass is 414 g/mol. The molecule has 0 saturated carbocycles. The third-order valence-electron chi connectivity index (χ3n) is 4.58. The van der Waals surface area contributed by atoms with Gasteiger partial charge in [0.25, 0.3) is 5.91 Å². The van der Waals surface area contributed by atoms with Gasteiger partial charge in [-0.25, -0.2) is 4.98 Å². The van der Waals surface area contributed by atoms with E-state index in [0.29, 0.717) is 23.9 Å². The maximum absolute atomic E-state index is 12.6. The van der Waals surface area contributed by atoms with Crippen LogP contribution >= 0.6 is 12.4 Å². The van der Waals surface area contributed by atoms with E-state index in [-0.39, 0.29) is 18.3 Å². The predicted octanol–water partition coefficient (Wildman–Crippen LogP) is 2.88. The largest absolute Gasteiger partial charge is 0.478 e. The summed E-state index contributed by atoms with van der Waals surface area (Å²) < 4.78 is 7.43. The number of hydrogen-bond donors (Lipinski definition) is 2. The van der Waals surface area contributed by atoms with Gasteiger partial charge >= 0.3 is 0 Å². The molecule has 0 atom stereocenters. The molecular weight excluding hydrogens is 392 g/mol. The first kappa shape index (κ1) is 20.8. The van der Waals surface area contributed by atoms with Crippen LogP contribution in [0.15, 0.2) is 36.5 Å². The Balaban J connectivity index is 0.00000240. The van der Waals surface area contributed by atoms with E-state index in [1.165, 1.54) is 5.57 Å². The van der Waals surface area contributed by atoms with E-state index in [1.54, 1.807) is 28.8 Å². The second-order valence-electron chi connectivity index (χ2n) is 6.52. The fourth-order valence-corrected chi connectivity index (χ4v) is 3.20. The maximum Gasteiger partial charge on any atom is 0.258 e. The first-order chi connectivity index (χ1) is 13.7. The van der Waals surface area contributed by atoms with Gasteiger partial charge in [0, 0.05) is 12.7 Å². The summed E-state index contributed by atoms with van der Waals surface area (Å²) in [7, 11) is 0. The lowest BCUT2D eigenvalue weighted by molar-refractivity contribution is 0.102. The number of imidazole rings is 1. The van der Waals surface area contributed by atoms with Crippen molar-refractivity contribution >= 4 is 35.4 Å². The van der Waals surface area contributed by atoms with Crippen molar-refractivity contribution in [1.82, 2.24) is 24.9 Å². The molecule has 3 aromatic rings. The third kappa shape index (κ3) is 4.38. The Morgan fingerprint density at radius 3 is 2.83 bits per heavy atom. The van der Waals surface area contributed by atoms with E-state index >= 15 is 0 Å². The lowest BCUT2D eigenvalue weighted by Gasteiger charge is -2.13. The first-order valence-electron chi connectivity index (χ1n) is 9.32. The Labute approximate surface area is 174 Å². The summed E-state index contributed by atoms with van der Waals surface area (Å²) in [5, 5.41) is 14.5. The first-order valence-corrected chi connectivity index (χ1v) is 9.32. The van der Waals surface area contributed by atoms with Crippen LogP contribution in [-0.4, -0.2) is 45.2 Å². The van der Waals surface area contributed by atoms with Gasteiger partial charge in [0.1, 0.15) is 11.3 Å². The third-order valence-corrected chi connectivity index (χ3v) is 4.58. The molecule has 0 unspecified atom stereocenters. The van der Waals surface area contributed by atoms with Crippen molar-refractivity contribution in [2.45, 2.75) is 20.3 Å². The molecule has 0 spiro atoms. The Morgan fingerprint density at radius 1 is 1.28 bits per heavy atom. The minimum absolute atomic E-state index is 0. The van der Waals surface area contributed by atoms with Crippen LogP contribution in [-0.2, 0) is 0 Å². The molecule has 9 heteroatoms. The lowest BCUT2D eigenvalue weighted by Crippen LogP contribution is -2.20. The fraction of sp³-hybridized carbons (Fsp3) is 0.300. The average molecular weight is 415 g/mol. The number of carbonyl (C=O) groups is 1. The molecule has 0 saturated heterocycles. The van der Waals surface area contributed by atoms with Crippen molar-refractivity contribution < 1.29 is 9.53 Å². The van der Waals surface area contributed by atoms with Crippen LogP contribution < -0.4 is 15.4 Å². The molecule has 4 heterocycles. The van der Waals surface area contributed by atoms with Gasteiger partial charge in [-0.15, -0.1) is 22.6 Å². The molecule has 0 radical (unpaired) electrons. The van der Waals surface area contributed by atoms with Crippen molar-refractivity contribution in [2.75, 3.05) is 25.0 Å². The normalized spacial score (nSPS) is 13.5. The molecule has 0 bridgehead atoms. The molecular formula is C20H23ClN6O2. The van der Waals surface area contributed by atoms with Crippen LogP contribution in [0.5, 0.6) is 5.88 Å². The van der Waals surface area contributed by atoms with Crippen LogP contribution in [0.2, 0.25) is 0 Å². The molecule has 1 aliphatic rings. The van der Waals surface area contributed by atoms with Gasteiger partial charge in [0.15, 0.2) is 5.82 Å². The number of rotatable bonds is 5. The molecule has 29 heavy (non-hydrogen) atoms. The number of anilines is 1. The Hall–Kier alpha value is -2.97. The Morgan fingerprint density at radius 2 is 2.14 bits per heavy atom. The van der Waals surface area contributed by atoms with Gasteiger partial charge in [-0.05, 0) is 56.7 Å². The summed E-state index contributed by atoms with van der Waals surface area (Å²) in [6.07, 6.45) is 4.76. The molecule has 4 rings (SSSR count). The second kappa shape index (κ2) is 9.02. The highest BCUT2D eigenvalue weighted by Gasteiger charge is 2.14. The molecule has 0 aromatic carbocycles. The quantitative estimate of drug-likeness (QED) is 0.666. The number of carbonyl (C=O) groups excluding carboxylic acids is 1. The minimum atomic E-state index is -0.265. The summed E-state index contributed by atoms with van der Waals surface area (Å²) in [5.41, 5.74) is 4.02. The van der Waals surface area contributed by atoms with Crippen molar-refractivity contribution in [2.24, 2.45) is 0 Å². The van der Waals surface area contributed by atoms with E-state index in [0.717, 1.165) is 36.5 Å². The molecule has 8 nitrogen and oxygen atoms in total. The average Bonchev–Trinajstić information content (AvgIpc) is 3.04. The van der Waals surface area contributed by atoms with Crippen LogP contribution in [0.1, 0.15) is 35.1 Å². The zero-order chi connectivity index (χ0) is 19.5. The van der Waals surface area contributed by atoms with Crippen molar-refractivity contribution in [1.29, 1.82) is 0 Å². The lowest BCUT2D eigenvalue weighted by atomic mass is 10.1. The van der Waals surface area contributed by atoms with Crippen LogP contribution in [0.4, 0.5) is 5.82 Å². The SMILES string of the molecule is CCOc1c(C)nc2ccc(C(=O)Nc3ccc(C4=CCNCC4)nn3)cn12.Cl. The van der Waals surface area contributed by atoms with Gasteiger partial charge in [-0.1, -0.05) is 6.08 Å². The van der Waals surface area contributed by atoms with Gasteiger partial charge in [0.2, 0.25) is 5.88 Å². The zero-order valence-electron chi connectivity index (χ0n) is 16.3. The van der Waals surface area contributed by atoms with Crippen molar-refractivity contribution in [3.63, 3.8) is 0 Å². The number of nitrogens with zero attached hydrogens (tertiary/aromatic N) is 4. The van der Waals surface area contributed by atoms with E-state index in [9.17, 15) is 4.79 Å². The fourth-order valence-electron chi connectivity index (χ4n) is 3.20. The standard InChI is InChI=1S/C20H22N6O2.ClH/c1-3-28-20-13(2)22-18-7-4-15(12-26(18)20)19(27)23-17-6-5-16(24-25-17)14-8-10-21-11-9-14;/h4-8,12,21H,3,9-11H2,1-2H3,(H,23,25,27);1H. The van der Waals surface area contributed by atoms with Crippen molar-refractivity contribution in [3.8, 4) is 5.88 Å². The van der Waals surface area contributed by atoms with E-state index in [2.05, 4.69) is 31.9 Å². The zero-order valence-corrected chi connectivity index (χ0v) is 17.1. The number of fused-ring (bicyclic) bond motifs is 1. The number of hydrogen-bond acceptors (Lipinski definition) is 6. The molecule has 1 amide bonds. The highest BCUT2D eigenvalue weighted by Crippen LogP contribution is 2.21. The number of aromatic nitrogens is 4. The predicted molar refractivity (Wildman–Crippen MR) is 114 cm³/mol.